The molecule has 1 aromatic carbocycles. The van der Waals surface area contributed by atoms with Crippen LogP contribution in [-0.2, 0) is 11.3 Å². The molecule has 1 heterocycles. The number of rotatable bonds is 3. The summed E-state index contributed by atoms with van der Waals surface area (Å²) in [5.41, 5.74) is 10.2. The molecule has 0 unspecified atom stereocenters. The molecule has 0 atom stereocenters. The number of nitrogens with one attached hydrogen (secondary N) is 1. The van der Waals surface area contributed by atoms with E-state index in [9.17, 15) is 4.79 Å². The van der Waals surface area contributed by atoms with E-state index in [1.807, 2.05) is 24.3 Å². The van der Waals surface area contributed by atoms with E-state index in [0.29, 0.717) is 0 Å². The molecule has 0 radical (unpaired) electrons. The maximum absolute atomic E-state index is 12.4. The summed E-state index contributed by atoms with van der Waals surface area (Å²) >= 11 is 5.10. The third-order valence-electron chi connectivity index (χ3n) is 4.14. The van der Waals surface area contributed by atoms with Crippen molar-refractivity contribution in [1.82, 2.24) is 25.4 Å². The summed E-state index contributed by atoms with van der Waals surface area (Å²) in [7, 11) is 0. The van der Waals surface area contributed by atoms with Gasteiger partial charge in [0.25, 0.3) is 5.91 Å². The van der Waals surface area contributed by atoms with Crippen LogP contribution in [0.15, 0.2) is 24.3 Å². The normalized spacial score (nSPS) is 15.5. The molecule has 2 aromatic rings. The number of fused-ring (bicyclic) bond motifs is 1. The molecular formula is C15H20N6OS. The van der Waals surface area contributed by atoms with Gasteiger partial charge in [0.15, 0.2) is 5.11 Å². The molecule has 7 nitrogen and oxygen atoms in total. The van der Waals surface area contributed by atoms with Gasteiger partial charge in [-0.2, -0.15) is 0 Å². The molecule has 1 fully saturated rings. The van der Waals surface area contributed by atoms with E-state index in [0.717, 1.165) is 36.7 Å². The summed E-state index contributed by atoms with van der Waals surface area (Å²) < 4.78 is 1.57. The second-order valence-electron chi connectivity index (χ2n) is 5.77. The van der Waals surface area contributed by atoms with Gasteiger partial charge in [-0.15, -0.1) is 5.10 Å². The zero-order chi connectivity index (χ0) is 16.2. The first kappa shape index (κ1) is 15.7. The number of benzene rings is 1. The molecule has 122 valence electrons. The van der Waals surface area contributed by atoms with Gasteiger partial charge >= 0.3 is 0 Å². The molecule has 1 amide bonds. The van der Waals surface area contributed by atoms with Gasteiger partial charge in [-0.1, -0.05) is 36.6 Å². The smallest absolute Gasteiger partial charge is 0.260 e. The summed E-state index contributed by atoms with van der Waals surface area (Å²) in [4.78, 5) is 12.4. The standard InChI is InChI=1S/C15H20N6OS/c16-15(23)21(11-6-2-1-3-7-11)18-14(22)10-20-13-9-5-4-8-12(13)17-19-20/h4-5,8-9,11H,1-3,6-7,10H2,(H2,16,23)(H,18,22). The summed E-state index contributed by atoms with van der Waals surface area (Å²) in [6, 6.07) is 7.70. The van der Waals surface area contributed by atoms with Crippen molar-refractivity contribution >= 4 is 34.3 Å². The van der Waals surface area contributed by atoms with E-state index in [1.165, 1.54) is 6.42 Å². The number of nitrogens with two attached hydrogens (primary N) is 1. The molecule has 1 aromatic heterocycles. The predicted molar refractivity (Wildman–Crippen MR) is 91.2 cm³/mol. The molecule has 3 N–H and O–H groups in total. The van der Waals surface area contributed by atoms with E-state index in [1.54, 1.807) is 9.69 Å². The van der Waals surface area contributed by atoms with Crippen molar-refractivity contribution in [2.75, 3.05) is 0 Å². The highest BCUT2D eigenvalue weighted by Gasteiger charge is 2.24. The largest absolute Gasteiger partial charge is 0.375 e. The summed E-state index contributed by atoms with van der Waals surface area (Å²) in [5, 5.41) is 9.91. The molecule has 0 aliphatic heterocycles. The number of aromatic nitrogens is 3. The van der Waals surface area contributed by atoms with Crippen LogP contribution < -0.4 is 11.2 Å². The maximum Gasteiger partial charge on any atom is 0.260 e. The van der Waals surface area contributed by atoms with Gasteiger partial charge in [-0.05, 0) is 37.2 Å². The maximum atomic E-state index is 12.4. The molecule has 1 saturated carbocycles. The fraction of sp³-hybridized carbons (Fsp3) is 0.467. The van der Waals surface area contributed by atoms with Crippen LogP contribution >= 0.6 is 12.2 Å². The zero-order valence-electron chi connectivity index (χ0n) is 12.8. The number of amides is 1. The van der Waals surface area contributed by atoms with Crippen LogP contribution in [0.3, 0.4) is 0 Å². The van der Waals surface area contributed by atoms with Crippen molar-refractivity contribution in [3.8, 4) is 0 Å². The average molecular weight is 332 g/mol. The van der Waals surface area contributed by atoms with Crippen LogP contribution in [0, 0.1) is 0 Å². The van der Waals surface area contributed by atoms with E-state index >= 15 is 0 Å². The Bertz CT molecular complexity index is 709. The fourth-order valence-electron chi connectivity index (χ4n) is 3.01. The van der Waals surface area contributed by atoms with Crippen molar-refractivity contribution in [1.29, 1.82) is 0 Å². The van der Waals surface area contributed by atoms with Gasteiger partial charge in [0.05, 0.1) is 11.6 Å². The number of hydrogen-bond donors (Lipinski definition) is 2. The zero-order valence-corrected chi connectivity index (χ0v) is 13.6. The second kappa shape index (κ2) is 6.91. The lowest BCUT2D eigenvalue weighted by molar-refractivity contribution is -0.126. The van der Waals surface area contributed by atoms with Crippen molar-refractivity contribution in [3.63, 3.8) is 0 Å². The topological polar surface area (TPSA) is 89.1 Å². The Morgan fingerprint density at radius 3 is 2.83 bits per heavy atom. The van der Waals surface area contributed by atoms with E-state index < -0.39 is 0 Å². The quantitative estimate of drug-likeness (QED) is 0.651. The number of para-hydroxylation sites is 1. The Hall–Kier alpha value is -2.22. The molecule has 0 saturated heterocycles. The molecular weight excluding hydrogens is 312 g/mol. The van der Waals surface area contributed by atoms with Crippen LogP contribution in [0.25, 0.3) is 11.0 Å². The van der Waals surface area contributed by atoms with Crippen LogP contribution in [0.1, 0.15) is 32.1 Å². The minimum Gasteiger partial charge on any atom is -0.375 e. The van der Waals surface area contributed by atoms with Gasteiger partial charge in [-0.25, -0.2) is 4.68 Å². The predicted octanol–water partition coefficient (Wildman–Crippen LogP) is 1.34. The first-order chi connectivity index (χ1) is 11.1. The number of carbonyl (C=O) groups excluding carboxylic acids is 1. The Labute approximate surface area is 139 Å². The van der Waals surface area contributed by atoms with E-state index in [4.69, 9.17) is 18.0 Å². The Morgan fingerprint density at radius 2 is 2.09 bits per heavy atom. The Kier molecular flexibility index (Phi) is 4.71. The van der Waals surface area contributed by atoms with E-state index in [-0.39, 0.29) is 23.6 Å². The van der Waals surface area contributed by atoms with Crippen molar-refractivity contribution in [2.24, 2.45) is 5.73 Å². The van der Waals surface area contributed by atoms with Gasteiger partial charge in [0, 0.05) is 0 Å². The summed E-state index contributed by atoms with van der Waals surface area (Å²) in [6.45, 7) is 0.0757. The highest BCUT2D eigenvalue weighted by Crippen LogP contribution is 2.21. The fourth-order valence-corrected chi connectivity index (χ4v) is 3.20. The monoisotopic (exact) mass is 332 g/mol. The number of thiocarbonyl (C=S) groups is 1. The molecule has 23 heavy (non-hydrogen) atoms. The number of hydrogen-bond acceptors (Lipinski definition) is 4. The first-order valence-electron chi connectivity index (χ1n) is 7.81. The minimum atomic E-state index is -0.209. The Morgan fingerprint density at radius 1 is 1.35 bits per heavy atom. The van der Waals surface area contributed by atoms with Gasteiger partial charge in [0.1, 0.15) is 12.1 Å². The van der Waals surface area contributed by atoms with Crippen molar-refractivity contribution in [2.45, 2.75) is 44.7 Å². The summed E-state index contributed by atoms with van der Waals surface area (Å²) in [5.74, 6) is -0.209. The molecule has 1 aliphatic rings. The lowest BCUT2D eigenvalue weighted by Crippen LogP contribution is -2.55. The average Bonchev–Trinajstić information content (AvgIpc) is 2.96. The van der Waals surface area contributed by atoms with Crippen LogP contribution in [0.5, 0.6) is 0 Å². The van der Waals surface area contributed by atoms with Crippen molar-refractivity contribution in [3.05, 3.63) is 24.3 Å². The van der Waals surface area contributed by atoms with Gasteiger partial charge in [-0.3, -0.25) is 15.2 Å². The van der Waals surface area contributed by atoms with Crippen LogP contribution in [0.4, 0.5) is 0 Å². The minimum absolute atomic E-state index is 0.0757. The SMILES string of the molecule is NC(=S)N(NC(=O)Cn1nnc2ccccc21)C1CCCCC1. The first-order valence-corrected chi connectivity index (χ1v) is 8.22. The third-order valence-corrected chi connectivity index (χ3v) is 4.33. The molecule has 8 heteroatoms. The molecule has 0 spiro atoms. The van der Waals surface area contributed by atoms with Crippen LogP contribution in [0.2, 0.25) is 0 Å². The third kappa shape index (κ3) is 3.58. The molecule has 1 aliphatic carbocycles. The Balaban J connectivity index is 1.68. The number of hydrazine groups is 1. The summed E-state index contributed by atoms with van der Waals surface area (Å²) in [6.07, 6.45) is 5.47. The molecule has 3 rings (SSSR count). The lowest BCUT2D eigenvalue weighted by atomic mass is 9.95. The second-order valence-corrected chi connectivity index (χ2v) is 6.19. The highest BCUT2D eigenvalue weighted by atomic mass is 32.1. The van der Waals surface area contributed by atoms with Gasteiger partial charge < -0.3 is 5.73 Å². The lowest BCUT2D eigenvalue weighted by Gasteiger charge is -2.34. The molecule has 0 bridgehead atoms. The van der Waals surface area contributed by atoms with Gasteiger partial charge in [0.2, 0.25) is 0 Å². The van der Waals surface area contributed by atoms with Crippen molar-refractivity contribution < 1.29 is 4.79 Å². The van der Waals surface area contributed by atoms with Crippen LogP contribution in [-0.4, -0.2) is 37.1 Å². The number of carbonyl (C=O) groups is 1. The number of nitrogens with zero attached hydrogens (tertiary/aromatic N) is 4. The van der Waals surface area contributed by atoms with E-state index in [2.05, 4.69) is 15.7 Å². The highest BCUT2D eigenvalue weighted by molar-refractivity contribution is 7.80.